The van der Waals surface area contributed by atoms with E-state index in [0.29, 0.717) is 12.1 Å². The highest BCUT2D eigenvalue weighted by Gasteiger charge is 2.63. The van der Waals surface area contributed by atoms with E-state index in [-0.39, 0.29) is 12.0 Å². The molecule has 9 heteroatoms. The molecule has 28 heavy (non-hydrogen) atoms. The number of carbonyl (C=O) groups is 3. The van der Waals surface area contributed by atoms with Gasteiger partial charge < -0.3 is 26.0 Å². The van der Waals surface area contributed by atoms with Crippen LogP contribution in [0.2, 0.25) is 0 Å². The Kier molecular flexibility index (Phi) is 3.82. The molecular formula is C19H21N3O6. The van der Waals surface area contributed by atoms with E-state index in [4.69, 9.17) is 5.73 Å². The Morgan fingerprint density at radius 2 is 2.00 bits per heavy atom. The Balaban J connectivity index is 1.96. The second-order valence-electron chi connectivity index (χ2n) is 7.84. The zero-order chi connectivity index (χ0) is 20.5. The number of aromatic nitrogens is 1. The molecule has 0 bridgehead atoms. The maximum Gasteiger partial charge on any atom is 0.255 e. The number of nitrogens with one attached hydrogen (secondary N) is 1. The zero-order valence-corrected chi connectivity index (χ0v) is 15.4. The average Bonchev–Trinajstić information content (AvgIpc) is 3.06. The van der Waals surface area contributed by atoms with E-state index < -0.39 is 58.0 Å². The Morgan fingerprint density at radius 3 is 2.61 bits per heavy atom. The first-order valence-electron chi connectivity index (χ1n) is 8.91. The van der Waals surface area contributed by atoms with Gasteiger partial charge in [-0.25, -0.2) is 0 Å². The van der Waals surface area contributed by atoms with Gasteiger partial charge in [0.1, 0.15) is 17.1 Å². The fourth-order valence-electron chi connectivity index (χ4n) is 4.95. The van der Waals surface area contributed by atoms with Gasteiger partial charge in [0.2, 0.25) is 11.6 Å². The molecule has 3 aliphatic carbocycles. The predicted molar refractivity (Wildman–Crippen MR) is 96.4 cm³/mol. The van der Waals surface area contributed by atoms with Gasteiger partial charge in [-0.2, -0.15) is 0 Å². The van der Waals surface area contributed by atoms with Crippen LogP contribution in [0.15, 0.2) is 34.9 Å². The molecule has 1 aromatic rings. The number of hydrogen-bond acceptors (Lipinski definition) is 7. The molecule has 0 spiro atoms. The van der Waals surface area contributed by atoms with Crippen LogP contribution >= 0.6 is 0 Å². The van der Waals surface area contributed by atoms with Gasteiger partial charge in [-0.1, -0.05) is 0 Å². The Bertz CT molecular complexity index is 988. The van der Waals surface area contributed by atoms with Crippen LogP contribution in [0, 0.1) is 11.8 Å². The third kappa shape index (κ3) is 2.11. The van der Waals surface area contributed by atoms with Crippen molar-refractivity contribution in [1.82, 2.24) is 9.88 Å². The average molecular weight is 387 g/mol. The number of primary amides is 1. The number of Topliss-reactive ketones (excluding diaryl/α,β-unsaturated/α-hetero) is 2. The van der Waals surface area contributed by atoms with Crippen LogP contribution in [0.25, 0.3) is 0 Å². The number of H-pyrrole nitrogens is 1. The molecule has 9 nitrogen and oxygen atoms in total. The highest BCUT2D eigenvalue weighted by molar-refractivity contribution is 6.24. The predicted octanol–water partition coefficient (Wildman–Crippen LogP) is -0.257. The molecule has 0 aromatic carbocycles. The van der Waals surface area contributed by atoms with Crippen LogP contribution in [0.3, 0.4) is 0 Å². The lowest BCUT2D eigenvalue weighted by Crippen LogP contribution is -2.63. The van der Waals surface area contributed by atoms with Gasteiger partial charge in [-0.15, -0.1) is 0 Å². The lowest BCUT2D eigenvalue weighted by atomic mass is 9.59. The number of aliphatic hydroxyl groups is 3. The van der Waals surface area contributed by atoms with E-state index >= 15 is 0 Å². The van der Waals surface area contributed by atoms with Crippen LogP contribution in [-0.2, 0) is 16.0 Å². The number of fused-ring (bicyclic) bond motifs is 3. The summed E-state index contributed by atoms with van der Waals surface area (Å²) in [5, 5.41) is 32.9. The minimum absolute atomic E-state index is 0.0373. The van der Waals surface area contributed by atoms with Gasteiger partial charge in [0, 0.05) is 17.7 Å². The number of allylic oxidation sites excluding steroid dienone is 1. The number of aliphatic hydroxyl groups excluding tert-OH is 2. The number of hydrogen-bond donors (Lipinski definition) is 5. The summed E-state index contributed by atoms with van der Waals surface area (Å²) < 4.78 is 0. The molecule has 1 aromatic heterocycles. The topological polar surface area (TPSA) is 157 Å². The molecule has 3 aliphatic rings. The van der Waals surface area contributed by atoms with Crippen molar-refractivity contribution in [3.63, 3.8) is 0 Å². The molecule has 0 saturated heterocycles. The summed E-state index contributed by atoms with van der Waals surface area (Å²) >= 11 is 0. The molecule has 1 heterocycles. The lowest BCUT2D eigenvalue weighted by molar-refractivity contribution is -0.148. The quantitative estimate of drug-likeness (QED) is 0.438. The molecule has 0 fully saturated rings. The van der Waals surface area contributed by atoms with Crippen LogP contribution in [-0.4, -0.2) is 68.4 Å². The first kappa shape index (κ1) is 18.5. The summed E-state index contributed by atoms with van der Waals surface area (Å²) in [6.07, 6.45) is 2.22. The highest BCUT2D eigenvalue weighted by atomic mass is 16.3. The van der Waals surface area contributed by atoms with E-state index in [1.54, 1.807) is 31.3 Å². The van der Waals surface area contributed by atoms with Crippen molar-refractivity contribution in [1.29, 1.82) is 0 Å². The Hall–Kier alpha value is -2.91. The summed E-state index contributed by atoms with van der Waals surface area (Å²) in [5.74, 6) is -5.56. The second-order valence-corrected chi connectivity index (χ2v) is 7.84. The maximum atomic E-state index is 13.0. The number of rotatable bonds is 2. The van der Waals surface area contributed by atoms with Crippen molar-refractivity contribution in [2.24, 2.45) is 17.6 Å². The van der Waals surface area contributed by atoms with Gasteiger partial charge in [0.05, 0.1) is 11.7 Å². The largest absolute Gasteiger partial charge is 0.510 e. The minimum atomic E-state index is -2.52. The fraction of sp³-hybridized carbons (Fsp3) is 0.421. The third-order valence-electron chi connectivity index (χ3n) is 6.16. The van der Waals surface area contributed by atoms with Crippen LogP contribution in [0.4, 0.5) is 0 Å². The van der Waals surface area contributed by atoms with Crippen molar-refractivity contribution < 1.29 is 29.7 Å². The number of ketones is 2. The number of nitrogens with two attached hydrogens (primary N) is 1. The molecule has 4 atom stereocenters. The molecule has 6 N–H and O–H groups in total. The van der Waals surface area contributed by atoms with Crippen molar-refractivity contribution in [2.75, 3.05) is 14.1 Å². The minimum Gasteiger partial charge on any atom is -0.510 e. The van der Waals surface area contributed by atoms with Crippen molar-refractivity contribution in [3.8, 4) is 0 Å². The summed E-state index contributed by atoms with van der Waals surface area (Å²) in [6.45, 7) is 0. The van der Waals surface area contributed by atoms with Crippen LogP contribution < -0.4 is 5.73 Å². The van der Waals surface area contributed by atoms with Gasteiger partial charge in [-0.05, 0) is 44.5 Å². The van der Waals surface area contributed by atoms with Gasteiger partial charge >= 0.3 is 0 Å². The van der Waals surface area contributed by atoms with Crippen molar-refractivity contribution >= 4 is 17.5 Å². The highest BCUT2D eigenvalue weighted by Crippen LogP contribution is 2.51. The molecular weight excluding hydrogens is 366 g/mol. The molecule has 0 radical (unpaired) electrons. The molecule has 148 valence electrons. The van der Waals surface area contributed by atoms with Gasteiger partial charge in [-0.3, -0.25) is 19.3 Å². The Labute approximate surface area is 160 Å². The van der Waals surface area contributed by atoms with Gasteiger partial charge in [0.15, 0.2) is 5.60 Å². The standard InChI is InChI=1S/C19H21N3O6/c1-22(2)13-9-6-8-5-7-3-4-21-12(7)14(23)10(8)16(25)19(9,28)17(26)11(15(13)24)18(20)27/h3-4,8-9,13,21,24-25,28H,5-6H2,1-2H3,(H2,20,27)/t8-,9-,13-,19-/m0/s1. The lowest BCUT2D eigenvalue weighted by Gasteiger charge is -2.49. The molecule has 4 rings (SSSR count). The normalized spacial score (nSPS) is 32.4. The van der Waals surface area contributed by atoms with Crippen LogP contribution in [0.1, 0.15) is 22.5 Å². The van der Waals surface area contributed by atoms with Crippen LogP contribution in [0.5, 0.6) is 0 Å². The van der Waals surface area contributed by atoms with E-state index in [1.165, 1.54) is 0 Å². The number of aromatic amines is 1. The Morgan fingerprint density at radius 1 is 1.32 bits per heavy atom. The summed E-state index contributed by atoms with van der Waals surface area (Å²) in [5.41, 5.74) is 3.05. The summed E-state index contributed by atoms with van der Waals surface area (Å²) in [4.78, 5) is 42.1. The number of likely N-dealkylation sites (N-methyl/N-ethyl adjacent to an activating group) is 1. The first-order valence-corrected chi connectivity index (χ1v) is 8.91. The van der Waals surface area contributed by atoms with Crippen molar-refractivity contribution in [3.05, 3.63) is 46.2 Å². The SMILES string of the molecule is CN(C)[C@@H]1C(O)=C(C(N)=O)C(=O)[C@@]2(O)C(O)=C3C(=O)c4[nH]ccc4C[C@H]3C[C@@H]12. The molecule has 1 amide bonds. The van der Waals surface area contributed by atoms with E-state index in [2.05, 4.69) is 4.98 Å². The molecule has 0 saturated carbocycles. The number of amides is 1. The monoisotopic (exact) mass is 387 g/mol. The molecule has 0 unspecified atom stereocenters. The second kappa shape index (κ2) is 5.79. The zero-order valence-electron chi connectivity index (χ0n) is 15.4. The third-order valence-corrected chi connectivity index (χ3v) is 6.16. The first-order chi connectivity index (χ1) is 13.1. The van der Waals surface area contributed by atoms with Crippen molar-refractivity contribution in [2.45, 2.75) is 24.5 Å². The summed E-state index contributed by atoms with van der Waals surface area (Å²) in [7, 11) is 3.23. The smallest absolute Gasteiger partial charge is 0.255 e. The summed E-state index contributed by atoms with van der Waals surface area (Å²) in [6, 6.07) is 0.844. The molecule has 0 aliphatic heterocycles. The number of nitrogens with zero attached hydrogens (tertiary/aromatic N) is 1. The van der Waals surface area contributed by atoms with E-state index in [9.17, 15) is 29.7 Å². The fourth-order valence-corrected chi connectivity index (χ4v) is 4.95. The number of carbonyl (C=O) groups excluding carboxylic acids is 3. The maximum absolute atomic E-state index is 13.0. The van der Waals surface area contributed by atoms with E-state index in [0.717, 1.165) is 5.56 Å². The van der Waals surface area contributed by atoms with E-state index in [1.807, 2.05) is 0 Å². The van der Waals surface area contributed by atoms with Gasteiger partial charge in [0.25, 0.3) is 5.91 Å².